The Balaban J connectivity index is -0.0000000800. The van der Waals surface area contributed by atoms with Crippen molar-refractivity contribution in [2.45, 2.75) is 13.8 Å². The third-order valence-corrected chi connectivity index (χ3v) is 0.365. The molecule has 1 N–H and O–H groups in total. The van der Waals surface area contributed by atoms with E-state index in [0.717, 1.165) is 0 Å². The molecule has 3 heteroatoms. The number of hydrogen-bond donors (Lipinski definition) is 1. The van der Waals surface area contributed by atoms with Crippen molar-refractivity contribution < 1.29 is 30.9 Å². The van der Waals surface area contributed by atoms with Gasteiger partial charge < -0.3 is 5.11 Å². The van der Waals surface area contributed by atoms with Gasteiger partial charge in [-0.2, -0.15) is 0 Å². The second kappa shape index (κ2) is 10.2. The average molecular weight is 289 g/mol. The SMILES string of the molecule is CC(C)CO.Cl.[Hf]. The van der Waals surface area contributed by atoms with Gasteiger partial charge in [0, 0.05) is 32.5 Å². The minimum Gasteiger partial charge on any atom is -0.396 e. The Bertz CT molecular complexity index is 25.7. The molecule has 0 aromatic rings. The van der Waals surface area contributed by atoms with Crippen LogP contribution in [0.5, 0.6) is 0 Å². The summed E-state index contributed by atoms with van der Waals surface area (Å²) in [7, 11) is 0. The van der Waals surface area contributed by atoms with Crippen LogP contribution in [-0.2, 0) is 25.8 Å². The van der Waals surface area contributed by atoms with E-state index < -0.39 is 0 Å². The molecule has 0 fully saturated rings. The molecule has 0 saturated carbocycles. The van der Waals surface area contributed by atoms with Crippen LogP contribution < -0.4 is 0 Å². The number of aliphatic hydroxyl groups excluding tert-OH is 1. The van der Waals surface area contributed by atoms with Crippen molar-refractivity contribution in [3.63, 3.8) is 0 Å². The Kier molecular flexibility index (Phi) is 22.8. The number of rotatable bonds is 1. The summed E-state index contributed by atoms with van der Waals surface area (Å²) in [5.41, 5.74) is 0. The third kappa shape index (κ3) is 19.2. The van der Waals surface area contributed by atoms with Crippen molar-refractivity contribution in [1.82, 2.24) is 0 Å². The molecule has 0 aromatic heterocycles. The van der Waals surface area contributed by atoms with Crippen LogP contribution in [0, 0.1) is 5.92 Å². The average Bonchev–Trinajstić information content (AvgIpc) is 1.38. The zero-order valence-corrected chi connectivity index (χ0v) is 9.05. The van der Waals surface area contributed by atoms with E-state index in [1.54, 1.807) is 0 Å². The number of halogens is 1. The number of aliphatic hydroxyl groups is 1. The van der Waals surface area contributed by atoms with Crippen LogP contribution in [-0.4, -0.2) is 11.7 Å². The second-order valence-electron chi connectivity index (χ2n) is 1.58. The first-order chi connectivity index (χ1) is 2.27. The molecule has 0 rings (SSSR count). The van der Waals surface area contributed by atoms with Gasteiger partial charge in [-0.05, 0) is 5.92 Å². The zero-order valence-electron chi connectivity index (χ0n) is 4.64. The van der Waals surface area contributed by atoms with Crippen molar-refractivity contribution >= 4 is 12.4 Å². The van der Waals surface area contributed by atoms with E-state index in [9.17, 15) is 0 Å². The van der Waals surface area contributed by atoms with Gasteiger partial charge in [0.25, 0.3) is 0 Å². The quantitative estimate of drug-likeness (QED) is 0.716. The Morgan fingerprint density at radius 3 is 1.57 bits per heavy atom. The van der Waals surface area contributed by atoms with Gasteiger partial charge in [-0.15, -0.1) is 12.4 Å². The van der Waals surface area contributed by atoms with Crippen molar-refractivity contribution in [3.05, 3.63) is 0 Å². The normalized spacial score (nSPS) is 6.86. The van der Waals surface area contributed by atoms with Crippen LogP contribution >= 0.6 is 12.4 Å². The fourth-order valence-electron chi connectivity index (χ4n) is 0. The second-order valence-corrected chi connectivity index (χ2v) is 1.58. The van der Waals surface area contributed by atoms with Crippen LogP contribution in [0.25, 0.3) is 0 Å². The predicted octanol–water partition coefficient (Wildman–Crippen LogP) is 1.05. The molecule has 0 aliphatic heterocycles. The molecule has 1 nitrogen and oxygen atoms in total. The molecule has 0 aromatic carbocycles. The summed E-state index contributed by atoms with van der Waals surface area (Å²) >= 11 is 0. The van der Waals surface area contributed by atoms with Gasteiger partial charge >= 0.3 is 0 Å². The minimum absolute atomic E-state index is 0. The number of hydrogen-bond acceptors (Lipinski definition) is 1. The molecular formula is C4H11ClHfO. The Morgan fingerprint density at radius 2 is 1.57 bits per heavy atom. The first-order valence-electron chi connectivity index (χ1n) is 1.88. The van der Waals surface area contributed by atoms with Crippen molar-refractivity contribution in [3.8, 4) is 0 Å². The summed E-state index contributed by atoms with van der Waals surface area (Å²) in [5.74, 6) is 0.440. The molecule has 0 aliphatic carbocycles. The van der Waals surface area contributed by atoms with Crippen molar-refractivity contribution in [2.75, 3.05) is 6.61 Å². The molecule has 0 atom stereocenters. The van der Waals surface area contributed by atoms with Crippen LogP contribution in [0.3, 0.4) is 0 Å². The smallest absolute Gasteiger partial charge is 0.0453 e. The van der Waals surface area contributed by atoms with Crippen LogP contribution in [0.1, 0.15) is 13.8 Å². The monoisotopic (exact) mass is 290 g/mol. The molecule has 0 aliphatic rings. The maximum atomic E-state index is 8.14. The summed E-state index contributed by atoms with van der Waals surface area (Å²) in [5, 5.41) is 8.14. The summed E-state index contributed by atoms with van der Waals surface area (Å²) < 4.78 is 0. The molecule has 0 saturated heterocycles. The summed E-state index contributed by atoms with van der Waals surface area (Å²) in [6, 6.07) is 0. The molecule has 0 radical (unpaired) electrons. The molecule has 0 spiro atoms. The topological polar surface area (TPSA) is 20.2 Å². The van der Waals surface area contributed by atoms with E-state index in [1.165, 1.54) is 0 Å². The van der Waals surface area contributed by atoms with Crippen LogP contribution in [0.4, 0.5) is 0 Å². The van der Waals surface area contributed by atoms with Crippen molar-refractivity contribution in [2.24, 2.45) is 5.92 Å². The van der Waals surface area contributed by atoms with E-state index >= 15 is 0 Å². The van der Waals surface area contributed by atoms with Gasteiger partial charge in [0.1, 0.15) is 0 Å². The third-order valence-electron chi connectivity index (χ3n) is 0.365. The van der Waals surface area contributed by atoms with Crippen LogP contribution in [0.15, 0.2) is 0 Å². The van der Waals surface area contributed by atoms with Crippen LogP contribution in [0.2, 0.25) is 0 Å². The molecular weight excluding hydrogens is 278 g/mol. The summed E-state index contributed by atoms with van der Waals surface area (Å²) in [4.78, 5) is 0. The van der Waals surface area contributed by atoms with E-state index in [-0.39, 0.29) is 38.3 Å². The fraction of sp³-hybridized carbons (Fsp3) is 1.00. The molecule has 44 valence electrons. The van der Waals surface area contributed by atoms with Gasteiger partial charge in [-0.25, -0.2) is 0 Å². The molecule has 0 bridgehead atoms. The first kappa shape index (κ1) is 15.7. The standard InChI is InChI=1S/C4H10O.ClH.Hf/c1-4(2)3-5;;/h4-5H,3H2,1-2H3;1H;. The fourth-order valence-corrected chi connectivity index (χ4v) is 0. The van der Waals surface area contributed by atoms with Gasteiger partial charge in [0.15, 0.2) is 0 Å². The van der Waals surface area contributed by atoms with E-state index in [2.05, 4.69) is 0 Å². The largest absolute Gasteiger partial charge is 0.396 e. The van der Waals surface area contributed by atoms with Gasteiger partial charge in [-0.3, -0.25) is 0 Å². The molecule has 7 heavy (non-hydrogen) atoms. The molecule has 0 heterocycles. The van der Waals surface area contributed by atoms with E-state index in [4.69, 9.17) is 5.11 Å². The van der Waals surface area contributed by atoms with Crippen molar-refractivity contribution in [1.29, 1.82) is 0 Å². The first-order valence-corrected chi connectivity index (χ1v) is 1.88. The van der Waals surface area contributed by atoms with E-state index in [0.29, 0.717) is 12.5 Å². The molecule has 0 unspecified atom stereocenters. The maximum absolute atomic E-state index is 8.14. The van der Waals surface area contributed by atoms with Gasteiger partial charge in [0.05, 0.1) is 0 Å². The Morgan fingerprint density at radius 1 is 1.43 bits per heavy atom. The summed E-state index contributed by atoms with van der Waals surface area (Å²) in [6.45, 7) is 4.25. The van der Waals surface area contributed by atoms with Gasteiger partial charge in [-0.1, -0.05) is 13.8 Å². The molecule has 0 amide bonds. The Labute approximate surface area is 69.7 Å². The summed E-state index contributed by atoms with van der Waals surface area (Å²) in [6.07, 6.45) is 0. The van der Waals surface area contributed by atoms with Gasteiger partial charge in [0.2, 0.25) is 0 Å². The zero-order chi connectivity index (χ0) is 4.28. The minimum atomic E-state index is 0. The predicted molar refractivity (Wildman–Crippen MR) is 29.2 cm³/mol. The Hall–Kier alpha value is 1.12. The van der Waals surface area contributed by atoms with E-state index in [1.807, 2.05) is 13.8 Å². The maximum Gasteiger partial charge on any atom is 0.0453 e.